The van der Waals surface area contributed by atoms with Crippen LogP contribution in [0.2, 0.25) is 0 Å². The summed E-state index contributed by atoms with van der Waals surface area (Å²) in [5, 5.41) is 16.0. The van der Waals surface area contributed by atoms with Crippen molar-refractivity contribution in [2.75, 3.05) is 32.8 Å². The molecule has 0 aliphatic carbocycles. The van der Waals surface area contributed by atoms with Crippen LogP contribution in [0.5, 0.6) is 0 Å². The molecule has 0 radical (unpaired) electrons. The van der Waals surface area contributed by atoms with Crippen molar-refractivity contribution in [2.45, 2.75) is 19.3 Å². The zero-order valence-corrected chi connectivity index (χ0v) is 14.7. The number of hydrogen-bond acceptors (Lipinski definition) is 5. The third-order valence-electron chi connectivity index (χ3n) is 5.12. The van der Waals surface area contributed by atoms with Crippen LogP contribution in [0.1, 0.15) is 29.6 Å². The van der Waals surface area contributed by atoms with E-state index in [1.165, 1.54) is 11.3 Å². The monoisotopic (exact) mass is 366 g/mol. The van der Waals surface area contributed by atoms with Crippen molar-refractivity contribution < 1.29 is 24.2 Å². The molecule has 0 spiro atoms. The van der Waals surface area contributed by atoms with Crippen molar-refractivity contribution in [3.8, 4) is 0 Å². The molecule has 3 rings (SSSR count). The topological polar surface area (TPSA) is 95.9 Å². The number of hydrogen-bond donors (Lipinski definition) is 2. The quantitative estimate of drug-likeness (QED) is 0.738. The van der Waals surface area contributed by atoms with Crippen molar-refractivity contribution in [2.24, 2.45) is 11.3 Å². The van der Waals surface area contributed by atoms with Crippen LogP contribution in [0.15, 0.2) is 16.8 Å². The Morgan fingerprint density at radius 2 is 2.28 bits per heavy atom. The fraction of sp³-hybridized carbons (Fsp3) is 0.588. The number of ether oxygens (including phenoxy) is 1. The molecular formula is C17H22N2O5S. The summed E-state index contributed by atoms with van der Waals surface area (Å²) < 4.78 is 5.40. The maximum absolute atomic E-state index is 12.4. The summed E-state index contributed by atoms with van der Waals surface area (Å²) in [5.74, 6) is -1.16. The Kier molecular flexibility index (Phi) is 5.39. The van der Waals surface area contributed by atoms with Crippen LogP contribution in [-0.4, -0.2) is 60.6 Å². The number of amides is 2. The molecule has 1 aromatic rings. The lowest BCUT2D eigenvalue weighted by atomic mass is 9.74. The second-order valence-electron chi connectivity index (χ2n) is 6.63. The van der Waals surface area contributed by atoms with Gasteiger partial charge in [-0.3, -0.25) is 14.4 Å². The van der Waals surface area contributed by atoms with Gasteiger partial charge in [0, 0.05) is 49.5 Å². The summed E-state index contributed by atoms with van der Waals surface area (Å²) in [6.07, 6.45) is 1.28. The van der Waals surface area contributed by atoms with Gasteiger partial charge in [0.05, 0.1) is 12.0 Å². The second-order valence-corrected chi connectivity index (χ2v) is 7.41. The molecule has 3 heterocycles. The van der Waals surface area contributed by atoms with Gasteiger partial charge in [0.15, 0.2) is 0 Å². The lowest BCUT2D eigenvalue weighted by Crippen LogP contribution is -2.45. The predicted octanol–water partition coefficient (Wildman–Crippen LogP) is 1.21. The van der Waals surface area contributed by atoms with Crippen LogP contribution in [-0.2, 0) is 14.3 Å². The molecule has 136 valence electrons. The van der Waals surface area contributed by atoms with Gasteiger partial charge in [-0.25, -0.2) is 0 Å². The van der Waals surface area contributed by atoms with Gasteiger partial charge < -0.3 is 20.1 Å². The fourth-order valence-electron chi connectivity index (χ4n) is 3.58. The molecule has 8 heteroatoms. The Morgan fingerprint density at radius 1 is 1.44 bits per heavy atom. The minimum Gasteiger partial charge on any atom is -0.481 e. The number of carbonyl (C=O) groups is 3. The lowest BCUT2D eigenvalue weighted by molar-refractivity contribution is -0.157. The van der Waals surface area contributed by atoms with Gasteiger partial charge in [-0.1, -0.05) is 0 Å². The van der Waals surface area contributed by atoms with Gasteiger partial charge in [-0.05, 0) is 24.3 Å². The highest BCUT2D eigenvalue weighted by atomic mass is 32.1. The van der Waals surface area contributed by atoms with E-state index >= 15 is 0 Å². The van der Waals surface area contributed by atoms with Crippen LogP contribution < -0.4 is 5.32 Å². The van der Waals surface area contributed by atoms with Gasteiger partial charge in [0.2, 0.25) is 5.91 Å². The van der Waals surface area contributed by atoms with Crippen molar-refractivity contribution in [3.05, 3.63) is 22.4 Å². The van der Waals surface area contributed by atoms with Gasteiger partial charge in [-0.2, -0.15) is 11.3 Å². The summed E-state index contributed by atoms with van der Waals surface area (Å²) in [4.78, 5) is 37.6. The molecule has 2 amide bonds. The van der Waals surface area contributed by atoms with E-state index in [0.29, 0.717) is 51.1 Å². The van der Waals surface area contributed by atoms with Crippen LogP contribution in [0, 0.1) is 11.3 Å². The normalized spacial score (nSPS) is 25.4. The zero-order valence-electron chi connectivity index (χ0n) is 13.9. The van der Waals surface area contributed by atoms with Crippen molar-refractivity contribution >= 4 is 29.1 Å². The Bertz CT molecular complexity index is 647. The van der Waals surface area contributed by atoms with Gasteiger partial charge >= 0.3 is 5.97 Å². The Labute approximate surface area is 150 Å². The molecule has 0 aromatic carbocycles. The first-order valence-electron chi connectivity index (χ1n) is 8.42. The van der Waals surface area contributed by atoms with Crippen molar-refractivity contribution in [3.63, 3.8) is 0 Å². The van der Waals surface area contributed by atoms with Crippen LogP contribution in [0.4, 0.5) is 0 Å². The molecular weight excluding hydrogens is 344 g/mol. The average Bonchev–Trinajstić information content (AvgIpc) is 3.25. The largest absolute Gasteiger partial charge is 0.481 e. The molecule has 2 aliphatic rings. The first-order valence-corrected chi connectivity index (χ1v) is 9.36. The van der Waals surface area contributed by atoms with E-state index in [4.69, 9.17) is 4.74 Å². The first-order chi connectivity index (χ1) is 12.0. The van der Waals surface area contributed by atoms with E-state index in [1.807, 2.05) is 5.38 Å². The Balaban J connectivity index is 1.46. The number of aliphatic carboxylic acids is 1. The SMILES string of the molecule is O=C(NCCCC(=O)N1C[C@H]2COCC[C@@]2(C(=O)O)C1)c1ccsc1. The highest BCUT2D eigenvalue weighted by Crippen LogP contribution is 2.42. The van der Waals surface area contributed by atoms with Crippen molar-refractivity contribution in [1.29, 1.82) is 0 Å². The molecule has 0 unspecified atom stereocenters. The number of likely N-dealkylation sites (tertiary alicyclic amines) is 1. The molecule has 2 N–H and O–H groups in total. The summed E-state index contributed by atoms with van der Waals surface area (Å²) in [6, 6.07) is 1.75. The molecule has 1 aromatic heterocycles. The summed E-state index contributed by atoms with van der Waals surface area (Å²) in [5.41, 5.74) is -0.232. The standard InChI is InChI=1S/C17H22N2O5S/c20-14(2-1-5-18-15(21)12-3-7-25-10-12)19-8-13-9-24-6-4-17(13,11-19)16(22)23/h3,7,10,13H,1-2,4-6,8-9,11H2,(H,18,21)(H,22,23)/t13-,17+/m0/s1. The minimum absolute atomic E-state index is 0.0557. The molecule has 7 nitrogen and oxygen atoms in total. The number of nitrogens with one attached hydrogen (secondary N) is 1. The van der Waals surface area contributed by atoms with E-state index in [-0.39, 0.29) is 24.3 Å². The maximum Gasteiger partial charge on any atom is 0.311 e. The maximum atomic E-state index is 12.4. The number of nitrogens with zero attached hydrogens (tertiary/aromatic N) is 1. The highest BCUT2D eigenvalue weighted by Gasteiger charge is 2.54. The highest BCUT2D eigenvalue weighted by molar-refractivity contribution is 7.08. The minimum atomic E-state index is -0.860. The number of rotatable bonds is 6. The molecule has 2 atom stereocenters. The zero-order chi connectivity index (χ0) is 17.9. The number of carboxylic acids is 1. The molecule has 0 saturated carbocycles. The van der Waals surface area contributed by atoms with Crippen LogP contribution >= 0.6 is 11.3 Å². The van der Waals surface area contributed by atoms with Crippen LogP contribution in [0.25, 0.3) is 0 Å². The first kappa shape index (κ1) is 17.9. The lowest BCUT2D eigenvalue weighted by Gasteiger charge is -2.33. The van der Waals surface area contributed by atoms with E-state index in [9.17, 15) is 19.5 Å². The number of carbonyl (C=O) groups excluding carboxylic acids is 2. The Morgan fingerprint density at radius 3 is 2.96 bits per heavy atom. The molecule has 2 saturated heterocycles. The predicted molar refractivity (Wildman–Crippen MR) is 91.5 cm³/mol. The summed E-state index contributed by atoms with van der Waals surface area (Å²) in [7, 11) is 0. The Hall–Kier alpha value is -1.93. The molecule has 2 fully saturated rings. The number of fused-ring (bicyclic) bond motifs is 1. The van der Waals surface area contributed by atoms with E-state index < -0.39 is 11.4 Å². The van der Waals surface area contributed by atoms with Crippen LogP contribution in [0.3, 0.4) is 0 Å². The molecule has 0 bridgehead atoms. The van der Waals surface area contributed by atoms with Gasteiger partial charge in [-0.15, -0.1) is 0 Å². The summed E-state index contributed by atoms with van der Waals surface area (Å²) in [6.45, 7) is 1.94. The van der Waals surface area contributed by atoms with E-state index in [1.54, 1.807) is 16.3 Å². The average molecular weight is 366 g/mol. The smallest absolute Gasteiger partial charge is 0.311 e. The second kappa shape index (κ2) is 7.53. The van der Waals surface area contributed by atoms with E-state index in [2.05, 4.69) is 5.32 Å². The third kappa shape index (κ3) is 3.69. The fourth-order valence-corrected chi connectivity index (χ4v) is 4.22. The third-order valence-corrected chi connectivity index (χ3v) is 5.81. The number of carboxylic acid groups (broad SMARTS) is 1. The number of thiophene rings is 1. The van der Waals surface area contributed by atoms with Crippen molar-refractivity contribution in [1.82, 2.24) is 10.2 Å². The van der Waals surface area contributed by atoms with Gasteiger partial charge in [0.1, 0.15) is 0 Å². The van der Waals surface area contributed by atoms with E-state index in [0.717, 1.165) is 0 Å². The summed E-state index contributed by atoms with van der Waals surface area (Å²) >= 11 is 1.46. The molecule has 25 heavy (non-hydrogen) atoms. The van der Waals surface area contributed by atoms with Gasteiger partial charge in [0.25, 0.3) is 5.91 Å². The molecule has 2 aliphatic heterocycles.